The highest BCUT2D eigenvalue weighted by atomic mass is 28.3. The molecule has 2 aromatic carbocycles. The molecular weight excluding hydrogens is 641 g/mol. The zero-order chi connectivity index (χ0) is 35.8. The molecule has 0 spiro atoms. The molecule has 4 rings (SSSR count). The van der Waals surface area contributed by atoms with Gasteiger partial charge in [-0.25, -0.2) is 9.97 Å². The summed E-state index contributed by atoms with van der Waals surface area (Å²) in [5.74, 6) is 11.6. The molecule has 0 bridgehead atoms. The average Bonchev–Trinajstić information content (AvgIpc) is 3.01. The van der Waals surface area contributed by atoms with Crippen LogP contribution in [0.1, 0.15) is 16.7 Å². The second kappa shape index (κ2) is 15.1. The summed E-state index contributed by atoms with van der Waals surface area (Å²) in [6.07, 6.45) is 13.7. The van der Waals surface area contributed by atoms with Gasteiger partial charge < -0.3 is 41.9 Å². The molecule has 0 aliphatic heterocycles. The van der Waals surface area contributed by atoms with Gasteiger partial charge in [-0.15, -0.1) is 18.4 Å². The van der Waals surface area contributed by atoms with E-state index in [9.17, 15) is 0 Å². The molecule has 0 radical (unpaired) electrons. The van der Waals surface area contributed by atoms with Gasteiger partial charge in [0.2, 0.25) is 11.9 Å². The van der Waals surface area contributed by atoms with Crippen molar-refractivity contribution in [2.75, 3.05) is 37.2 Å². The molecule has 2 heterocycles. The maximum atomic E-state index is 6.07. The topological polar surface area (TPSA) is 193 Å². The number of nitrogen functional groups attached to an aromatic ring is 4. The maximum Gasteiger partial charge on any atom is 0.222 e. The molecule has 248 valence electrons. The van der Waals surface area contributed by atoms with E-state index in [2.05, 4.69) is 82.5 Å². The molecule has 14 heteroatoms. The molecular formula is C34H40N8O4Si2. The molecule has 48 heavy (non-hydrogen) atoms. The van der Waals surface area contributed by atoms with Gasteiger partial charge in [0, 0.05) is 12.1 Å². The fourth-order valence-electron chi connectivity index (χ4n) is 3.98. The summed E-state index contributed by atoms with van der Waals surface area (Å²) in [5.41, 5.74) is 27.8. The Hall–Kier alpha value is -5.89. The predicted molar refractivity (Wildman–Crippen MR) is 197 cm³/mol. The van der Waals surface area contributed by atoms with E-state index >= 15 is 0 Å². The quantitative estimate of drug-likeness (QED) is 0.157. The minimum absolute atomic E-state index is 0.0519. The third kappa shape index (κ3) is 9.56. The molecule has 0 amide bonds. The Bertz CT molecular complexity index is 1960. The Labute approximate surface area is 283 Å². The summed E-state index contributed by atoms with van der Waals surface area (Å²) in [6.45, 7) is 13.3. The van der Waals surface area contributed by atoms with Crippen LogP contribution in [0.4, 0.5) is 23.5 Å². The van der Waals surface area contributed by atoms with Crippen LogP contribution in [-0.4, -0.2) is 50.3 Å². The third-order valence-electron chi connectivity index (χ3n) is 6.34. The maximum absolute atomic E-state index is 6.07. The lowest BCUT2D eigenvalue weighted by molar-refractivity contribution is 0.411. The third-order valence-corrected chi connectivity index (χ3v) is 9.22. The number of hydrogen-bond donors (Lipinski definition) is 4. The van der Waals surface area contributed by atoms with E-state index in [0.717, 1.165) is 16.5 Å². The Morgan fingerprint density at radius 3 is 1.46 bits per heavy atom. The first-order chi connectivity index (χ1) is 22.5. The standard InChI is InChI=1S/C19H28N4O2Si2.C15H12N4O2/c1-24-15-10-13(8-9-26(2,3)4)14(11-17(15)27(5,6)7)25-16-12-22-19(21)23-18(16)20;1-4-9-7-12(10(5-2)6-11(9)20-3)21-13-8-18-15(17)19-14(13)16/h10-12H,1-7H3,(H4,20,21,22,23);1-2,6-8H,3H3,(H4,16,17,18,19). The normalized spacial score (nSPS) is 10.6. The van der Waals surface area contributed by atoms with Crippen LogP contribution in [0.5, 0.6) is 34.5 Å². The SMILES string of the molecule is C#Cc1cc(Oc2cnc(N)nc2N)c(C#C)cc1OC.COc1cc(C#C[Si](C)(C)C)c(Oc2cnc(N)nc2N)cc1[Si](C)(C)C. The summed E-state index contributed by atoms with van der Waals surface area (Å²) in [5, 5.41) is 1.15. The number of benzene rings is 2. The molecule has 4 aromatic rings. The van der Waals surface area contributed by atoms with Crippen molar-refractivity contribution >= 4 is 44.9 Å². The van der Waals surface area contributed by atoms with Crippen LogP contribution in [0.15, 0.2) is 36.7 Å². The summed E-state index contributed by atoms with van der Waals surface area (Å²) in [6, 6.07) is 7.15. The zero-order valence-electron chi connectivity index (χ0n) is 28.4. The first-order valence-corrected chi connectivity index (χ1v) is 21.5. The molecule has 8 N–H and O–H groups in total. The van der Waals surface area contributed by atoms with Gasteiger partial charge in [0.05, 0.1) is 51.4 Å². The highest BCUT2D eigenvalue weighted by molar-refractivity contribution is 6.89. The highest BCUT2D eigenvalue weighted by Gasteiger charge is 2.24. The van der Waals surface area contributed by atoms with E-state index in [1.165, 1.54) is 19.5 Å². The lowest BCUT2D eigenvalue weighted by atomic mass is 10.1. The molecule has 0 atom stereocenters. The fourth-order valence-corrected chi connectivity index (χ4v) is 5.97. The number of nitrogens with zero attached hydrogens (tertiary/aromatic N) is 4. The van der Waals surface area contributed by atoms with Crippen molar-refractivity contribution in [2.45, 2.75) is 39.3 Å². The lowest BCUT2D eigenvalue weighted by Crippen LogP contribution is -2.38. The van der Waals surface area contributed by atoms with Crippen molar-refractivity contribution in [3.63, 3.8) is 0 Å². The number of anilines is 4. The molecule has 2 aromatic heterocycles. The monoisotopic (exact) mass is 680 g/mol. The second-order valence-corrected chi connectivity index (χ2v) is 22.1. The number of hydrogen-bond acceptors (Lipinski definition) is 12. The Morgan fingerprint density at radius 2 is 1.04 bits per heavy atom. The van der Waals surface area contributed by atoms with Crippen LogP contribution in [-0.2, 0) is 0 Å². The largest absolute Gasteiger partial charge is 0.497 e. The number of terminal acetylenes is 2. The van der Waals surface area contributed by atoms with Gasteiger partial charge in [-0.3, -0.25) is 0 Å². The van der Waals surface area contributed by atoms with E-state index in [0.29, 0.717) is 34.1 Å². The molecule has 0 aliphatic carbocycles. The van der Waals surface area contributed by atoms with Crippen LogP contribution < -0.4 is 47.1 Å². The van der Waals surface area contributed by atoms with Crippen molar-refractivity contribution in [1.29, 1.82) is 0 Å². The average molecular weight is 681 g/mol. The Kier molecular flexibility index (Phi) is 11.5. The lowest BCUT2D eigenvalue weighted by Gasteiger charge is -2.22. The van der Waals surface area contributed by atoms with Crippen molar-refractivity contribution in [1.82, 2.24) is 19.9 Å². The van der Waals surface area contributed by atoms with Crippen LogP contribution in [0.3, 0.4) is 0 Å². The highest BCUT2D eigenvalue weighted by Crippen LogP contribution is 2.34. The van der Waals surface area contributed by atoms with Crippen LogP contribution >= 0.6 is 0 Å². The predicted octanol–water partition coefficient (Wildman–Crippen LogP) is 4.62. The van der Waals surface area contributed by atoms with Gasteiger partial charge >= 0.3 is 0 Å². The fraction of sp³-hybridized carbons (Fsp3) is 0.235. The van der Waals surface area contributed by atoms with Crippen molar-refractivity contribution in [3.8, 4) is 70.6 Å². The van der Waals surface area contributed by atoms with E-state index in [1.54, 1.807) is 19.2 Å². The molecule has 12 nitrogen and oxygen atoms in total. The number of aromatic nitrogens is 4. The van der Waals surface area contributed by atoms with Gasteiger partial charge in [0.25, 0.3) is 0 Å². The summed E-state index contributed by atoms with van der Waals surface area (Å²) >= 11 is 0. The van der Waals surface area contributed by atoms with Crippen LogP contribution in [0, 0.1) is 36.2 Å². The first kappa shape index (κ1) is 36.6. The molecule has 0 aliphatic rings. The van der Waals surface area contributed by atoms with Crippen LogP contribution in [0.25, 0.3) is 0 Å². The summed E-state index contributed by atoms with van der Waals surface area (Å²) in [7, 11) is -0.0610. The minimum atomic E-state index is -1.68. The van der Waals surface area contributed by atoms with E-state index in [1.807, 2.05) is 12.1 Å². The minimum Gasteiger partial charge on any atom is -0.497 e. The summed E-state index contributed by atoms with van der Waals surface area (Å²) in [4.78, 5) is 15.6. The smallest absolute Gasteiger partial charge is 0.222 e. The zero-order valence-corrected chi connectivity index (χ0v) is 30.4. The molecule has 0 fully saturated rings. The first-order valence-electron chi connectivity index (χ1n) is 14.5. The van der Waals surface area contributed by atoms with Gasteiger partial charge in [-0.2, -0.15) is 9.97 Å². The second-order valence-electron chi connectivity index (χ2n) is 12.3. The van der Waals surface area contributed by atoms with Crippen molar-refractivity contribution in [3.05, 3.63) is 53.3 Å². The number of methoxy groups -OCH3 is 2. The Balaban J connectivity index is 0.000000269. The van der Waals surface area contributed by atoms with E-state index < -0.39 is 16.1 Å². The number of nitrogens with two attached hydrogens (primary N) is 4. The van der Waals surface area contributed by atoms with E-state index in [4.69, 9.17) is 54.7 Å². The molecule has 0 saturated heterocycles. The van der Waals surface area contributed by atoms with Gasteiger partial charge in [0.15, 0.2) is 23.1 Å². The van der Waals surface area contributed by atoms with Gasteiger partial charge in [0.1, 0.15) is 31.1 Å². The molecule has 0 unspecified atom stereocenters. The van der Waals surface area contributed by atoms with Crippen molar-refractivity contribution < 1.29 is 18.9 Å². The molecule has 0 saturated carbocycles. The number of ether oxygens (including phenoxy) is 4. The Morgan fingerprint density at radius 1 is 0.604 bits per heavy atom. The van der Waals surface area contributed by atoms with E-state index in [-0.39, 0.29) is 29.3 Å². The van der Waals surface area contributed by atoms with Gasteiger partial charge in [-0.1, -0.05) is 57.0 Å². The van der Waals surface area contributed by atoms with Crippen LogP contribution in [0.2, 0.25) is 39.3 Å². The summed E-state index contributed by atoms with van der Waals surface area (Å²) < 4.78 is 22.5. The number of rotatable bonds is 7. The van der Waals surface area contributed by atoms with Gasteiger partial charge in [-0.05, 0) is 17.3 Å². The van der Waals surface area contributed by atoms with Crippen molar-refractivity contribution in [2.24, 2.45) is 0 Å².